The zero-order valence-electron chi connectivity index (χ0n) is 12.8. The van der Waals surface area contributed by atoms with Gasteiger partial charge in [-0.25, -0.2) is 0 Å². The van der Waals surface area contributed by atoms with Crippen LogP contribution in [0.5, 0.6) is 0 Å². The van der Waals surface area contributed by atoms with Gasteiger partial charge in [0.15, 0.2) is 0 Å². The Balaban J connectivity index is 3.19. The van der Waals surface area contributed by atoms with Gasteiger partial charge >= 0.3 is 6.18 Å². The molecule has 0 radical (unpaired) electrons. The fourth-order valence-electron chi connectivity index (χ4n) is 1.99. The minimum absolute atomic E-state index is 0.0209. The second-order valence-electron chi connectivity index (χ2n) is 5.36. The van der Waals surface area contributed by atoms with E-state index in [1.807, 2.05) is 0 Å². The third-order valence-corrected chi connectivity index (χ3v) is 3.03. The molecule has 0 bridgehead atoms. The van der Waals surface area contributed by atoms with Crippen LogP contribution in [0.15, 0.2) is 36.4 Å². The second kappa shape index (κ2) is 7.45. The first-order valence-electron chi connectivity index (χ1n) is 6.96. The number of amides is 1. The Bertz CT molecular complexity index is 522. The zero-order chi connectivity index (χ0) is 16.9. The topological polar surface area (TPSA) is 40.5 Å². The average molecular weight is 315 g/mol. The van der Waals surface area contributed by atoms with Crippen molar-refractivity contribution in [3.63, 3.8) is 0 Å². The number of aliphatic hydroxyl groups excluding tert-OH is 1. The molecule has 0 saturated heterocycles. The quantitative estimate of drug-likeness (QED) is 0.847. The molecule has 0 aliphatic heterocycles. The van der Waals surface area contributed by atoms with Crippen LogP contribution in [0.2, 0.25) is 0 Å². The molecule has 1 unspecified atom stereocenters. The van der Waals surface area contributed by atoms with Gasteiger partial charge in [-0.1, -0.05) is 30.3 Å². The van der Waals surface area contributed by atoms with E-state index < -0.39 is 23.8 Å². The maximum Gasteiger partial charge on any atom is 0.417 e. The summed E-state index contributed by atoms with van der Waals surface area (Å²) in [5.74, 6) is -0.771. The van der Waals surface area contributed by atoms with E-state index in [1.165, 1.54) is 36.1 Å². The van der Waals surface area contributed by atoms with Crippen molar-refractivity contribution in [2.45, 2.75) is 39.1 Å². The number of nitrogens with zero attached hydrogens (tertiary/aromatic N) is 1. The minimum atomic E-state index is -4.63. The summed E-state index contributed by atoms with van der Waals surface area (Å²) in [5, 5.41) is 9.39. The van der Waals surface area contributed by atoms with Crippen molar-refractivity contribution >= 4 is 11.5 Å². The maximum atomic E-state index is 13.2. The highest BCUT2D eigenvalue weighted by atomic mass is 19.4. The van der Waals surface area contributed by atoms with Crippen molar-refractivity contribution < 1.29 is 23.1 Å². The third kappa shape index (κ3) is 5.18. The Hall–Kier alpha value is -1.82. The summed E-state index contributed by atoms with van der Waals surface area (Å²) in [6.45, 7) is 4.83. The van der Waals surface area contributed by atoms with E-state index in [2.05, 4.69) is 0 Å². The minimum Gasteiger partial charge on any atom is -0.392 e. The molecule has 0 aromatic heterocycles. The molecule has 0 spiro atoms. The van der Waals surface area contributed by atoms with Crippen LogP contribution in [-0.4, -0.2) is 40.8 Å². The third-order valence-electron chi connectivity index (χ3n) is 3.03. The molecule has 22 heavy (non-hydrogen) atoms. The molecule has 0 aliphatic rings. The Morgan fingerprint density at radius 2 is 1.77 bits per heavy atom. The van der Waals surface area contributed by atoms with Gasteiger partial charge in [-0.2, -0.15) is 13.2 Å². The largest absolute Gasteiger partial charge is 0.417 e. The predicted octanol–water partition coefficient (Wildman–Crippen LogP) is 3.25. The van der Waals surface area contributed by atoms with Gasteiger partial charge in [0.1, 0.15) is 0 Å². The first-order chi connectivity index (χ1) is 10.1. The highest BCUT2D eigenvalue weighted by Gasteiger charge is 2.36. The number of hydrogen-bond acceptors (Lipinski definition) is 2. The fourth-order valence-corrected chi connectivity index (χ4v) is 1.99. The number of allylic oxidation sites excluding steroid dienone is 1. The Labute approximate surface area is 128 Å². The summed E-state index contributed by atoms with van der Waals surface area (Å²) in [6.07, 6.45) is -4.85. The number of alkyl halides is 3. The molecule has 1 aromatic rings. The molecule has 1 atom stereocenters. The highest BCUT2D eigenvalue weighted by molar-refractivity contribution is 5.96. The molecule has 122 valence electrons. The Morgan fingerprint density at radius 3 is 2.18 bits per heavy atom. The first-order valence-corrected chi connectivity index (χ1v) is 6.96. The first kappa shape index (κ1) is 18.2. The van der Waals surface area contributed by atoms with Crippen LogP contribution in [-0.2, 0) is 4.79 Å². The number of halogens is 3. The lowest BCUT2D eigenvalue weighted by Crippen LogP contribution is -2.40. The molecule has 1 N–H and O–H groups in total. The molecule has 3 nitrogen and oxygen atoms in total. The number of rotatable bonds is 5. The maximum absolute atomic E-state index is 13.2. The normalized spacial score (nSPS) is 14.1. The Morgan fingerprint density at radius 1 is 1.23 bits per heavy atom. The molecule has 0 heterocycles. The molecule has 0 fully saturated rings. The van der Waals surface area contributed by atoms with Gasteiger partial charge in [0.25, 0.3) is 0 Å². The number of hydrogen-bond donors (Lipinski definition) is 1. The number of carbonyl (C=O) groups is 1. The van der Waals surface area contributed by atoms with E-state index in [1.54, 1.807) is 19.9 Å². The molecule has 0 saturated carbocycles. The SMILES string of the molecule is CC(O)CN(C(=O)/C=C(/c1ccccc1)C(F)(F)F)C(C)C. The van der Waals surface area contributed by atoms with Gasteiger partial charge in [0.2, 0.25) is 5.91 Å². The predicted molar refractivity (Wildman–Crippen MR) is 79.0 cm³/mol. The van der Waals surface area contributed by atoms with Crippen molar-refractivity contribution in [1.82, 2.24) is 4.90 Å². The molecule has 6 heteroatoms. The molecule has 1 amide bonds. The molecule has 1 aromatic carbocycles. The fraction of sp³-hybridized carbons (Fsp3) is 0.438. The van der Waals surface area contributed by atoms with Crippen molar-refractivity contribution in [2.24, 2.45) is 0 Å². The summed E-state index contributed by atoms with van der Waals surface area (Å²) in [6, 6.07) is 6.86. The van der Waals surface area contributed by atoms with Crippen LogP contribution in [0, 0.1) is 0 Å². The van der Waals surface area contributed by atoms with Gasteiger partial charge in [-0.15, -0.1) is 0 Å². The van der Waals surface area contributed by atoms with Gasteiger partial charge in [-0.05, 0) is 26.3 Å². The van der Waals surface area contributed by atoms with Crippen LogP contribution >= 0.6 is 0 Å². The summed E-state index contributed by atoms with van der Waals surface area (Å²) in [5.41, 5.74) is -1.06. The summed E-state index contributed by atoms with van der Waals surface area (Å²) in [7, 11) is 0. The van der Waals surface area contributed by atoms with E-state index in [4.69, 9.17) is 0 Å². The smallest absolute Gasteiger partial charge is 0.392 e. The van der Waals surface area contributed by atoms with E-state index in [0.29, 0.717) is 6.08 Å². The standard InChI is InChI=1S/C16H20F3NO2/c1-11(2)20(10-12(3)21)15(22)9-14(16(17,18)19)13-7-5-4-6-8-13/h4-9,11-12,21H,10H2,1-3H3/b14-9-. The van der Waals surface area contributed by atoms with E-state index >= 15 is 0 Å². The lowest BCUT2D eigenvalue weighted by molar-refractivity contribution is -0.129. The van der Waals surface area contributed by atoms with Crippen LogP contribution < -0.4 is 0 Å². The second-order valence-corrected chi connectivity index (χ2v) is 5.36. The van der Waals surface area contributed by atoms with Crippen molar-refractivity contribution in [3.05, 3.63) is 42.0 Å². The Kier molecular flexibility index (Phi) is 6.17. The number of benzene rings is 1. The van der Waals surface area contributed by atoms with Crippen LogP contribution in [0.1, 0.15) is 26.3 Å². The van der Waals surface area contributed by atoms with Gasteiger partial charge in [-0.3, -0.25) is 4.79 Å². The van der Waals surface area contributed by atoms with Crippen LogP contribution in [0.4, 0.5) is 13.2 Å². The van der Waals surface area contributed by atoms with Crippen LogP contribution in [0.3, 0.4) is 0 Å². The van der Waals surface area contributed by atoms with Gasteiger partial charge < -0.3 is 10.0 Å². The lowest BCUT2D eigenvalue weighted by atomic mass is 10.0. The van der Waals surface area contributed by atoms with Crippen molar-refractivity contribution in [2.75, 3.05) is 6.54 Å². The zero-order valence-corrected chi connectivity index (χ0v) is 12.8. The van der Waals surface area contributed by atoms with Gasteiger partial charge in [0, 0.05) is 18.7 Å². The summed E-state index contributed by atoms with van der Waals surface area (Å²) >= 11 is 0. The highest BCUT2D eigenvalue weighted by Crippen LogP contribution is 2.33. The van der Waals surface area contributed by atoms with Crippen LogP contribution in [0.25, 0.3) is 5.57 Å². The molecule has 1 rings (SSSR count). The monoisotopic (exact) mass is 315 g/mol. The van der Waals surface area contributed by atoms with Crippen molar-refractivity contribution in [3.8, 4) is 0 Å². The number of aliphatic hydroxyl groups is 1. The molecule has 0 aliphatic carbocycles. The lowest BCUT2D eigenvalue weighted by Gasteiger charge is -2.27. The summed E-state index contributed by atoms with van der Waals surface area (Å²) < 4.78 is 39.6. The van der Waals surface area contributed by atoms with Gasteiger partial charge in [0.05, 0.1) is 11.7 Å². The number of carbonyl (C=O) groups excluding carboxylic acids is 1. The van der Waals surface area contributed by atoms with E-state index in [9.17, 15) is 23.1 Å². The van der Waals surface area contributed by atoms with E-state index in [-0.39, 0.29) is 18.2 Å². The molecular formula is C16H20F3NO2. The molecular weight excluding hydrogens is 295 g/mol. The van der Waals surface area contributed by atoms with E-state index in [0.717, 1.165) is 0 Å². The summed E-state index contributed by atoms with van der Waals surface area (Å²) in [4.78, 5) is 13.4. The van der Waals surface area contributed by atoms with Crippen molar-refractivity contribution in [1.29, 1.82) is 0 Å². The average Bonchev–Trinajstić information content (AvgIpc) is 2.41.